The minimum Gasteiger partial charge on any atom is -0.329 e. The first kappa shape index (κ1) is 17.9. The summed E-state index contributed by atoms with van der Waals surface area (Å²) in [6.45, 7) is 4.50. The molecule has 0 radical (unpaired) electrons. The highest BCUT2D eigenvalue weighted by molar-refractivity contribution is 7.09. The molecule has 1 aromatic carbocycles. The molecule has 0 aliphatic carbocycles. The van der Waals surface area contributed by atoms with Crippen LogP contribution in [0.25, 0.3) is 0 Å². The largest absolute Gasteiger partial charge is 0.329 e. The monoisotopic (exact) mass is 377 g/mol. The Labute approximate surface area is 156 Å². The number of anilines is 1. The summed E-state index contributed by atoms with van der Waals surface area (Å²) in [4.78, 5) is 33.8. The third kappa shape index (κ3) is 4.02. The van der Waals surface area contributed by atoms with Crippen LogP contribution in [0.15, 0.2) is 29.8 Å². The molecule has 1 atom stereocenters. The zero-order valence-electron chi connectivity index (χ0n) is 14.2. The molecule has 1 fully saturated rings. The maximum atomic E-state index is 12.6. The molecule has 0 unspecified atom stereocenters. The summed E-state index contributed by atoms with van der Waals surface area (Å²) in [7, 11) is 0. The lowest BCUT2D eigenvalue weighted by Crippen LogP contribution is -2.57. The van der Waals surface area contributed by atoms with Gasteiger partial charge in [0.2, 0.25) is 11.8 Å². The maximum Gasteiger partial charge on any atom is 0.246 e. The van der Waals surface area contributed by atoms with Gasteiger partial charge >= 0.3 is 0 Å². The van der Waals surface area contributed by atoms with E-state index in [-0.39, 0.29) is 24.4 Å². The Bertz CT molecular complexity index is 792. The highest BCUT2D eigenvalue weighted by Crippen LogP contribution is 2.24. The van der Waals surface area contributed by atoms with E-state index in [1.807, 2.05) is 26.0 Å². The fourth-order valence-corrected chi connectivity index (χ4v) is 3.97. The van der Waals surface area contributed by atoms with Crippen molar-refractivity contribution in [2.45, 2.75) is 32.7 Å². The molecule has 1 aliphatic heterocycles. The van der Waals surface area contributed by atoms with Crippen molar-refractivity contribution in [1.82, 2.24) is 9.88 Å². The second-order valence-electron chi connectivity index (χ2n) is 6.22. The predicted octanol–water partition coefficient (Wildman–Crippen LogP) is 3.30. The molecule has 2 amide bonds. The summed E-state index contributed by atoms with van der Waals surface area (Å²) in [5.41, 5.74) is 3.55. The Morgan fingerprint density at radius 3 is 2.92 bits per heavy atom. The molecular formula is C18H20ClN3O2S. The van der Waals surface area contributed by atoms with Crippen molar-refractivity contribution in [3.05, 3.63) is 45.4 Å². The van der Waals surface area contributed by atoms with E-state index >= 15 is 0 Å². The van der Waals surface area contributed by atoms with Crippen molar-refractivity contribution in [3.8, 4) is 0 Å². The summed E-state index contributed by atoms with van der Waals surface area (Å²) in [5, 5.41) is 0.594. The molecular weight excluding hydrogens is 358 g/mol. The van der Waals surface area contributed by atoms with E-state index in [2.05, 4.69) is 4.98 Å². The molecule has 2 heterocycles. The maximum absolute atomic E-state index is 12.6. The van der Waals surface area contributed by atoms with Crippen LogP contribution in [0, 0.1) is 6.92 Å². The highest BCUT2D eigenvalue weighted by Gasteiger charge is 2.33. The number of thiazole rings is 1. The second kappa shape index (κ2) is 7.54. The van der Waals surface area contributed by atoms with Gasteiger partial charge in [-0.05, 0) is 38.5 Å². The van der Waals surface area contributed by atoms with Gasteiger partial charge in [0.25, 0.3) is 0 Å². The number of benzene rings is 1. The van der Waals surface area contributed by atoms with Crippen LogP contribution in [-0.2, 0) is 16.0 Å². The van der Waals surface area contributed by atoms with Crippen LogP contribution in [0.1, 0.15) is 23.9 Å². The molecule has 0 saturated carbocycles. The lowest BCUT2D eigenvalue weighted by Gasteiger charge is -2.39. The number of rotatable bonds is 4. The number of piperazine rings is 1. The van der Waals surface area contributed by atoms with Gasteiger partial charge in [0, 0.05) is 34.6 Å². The van der Waals surface area contributed by atoms with Crippen LogP contribution in [0.5, 0.6) is 0 Å². The Kier molecular flexibility index (Phi) is 5.39. The minimum atomic E-state index is -0.0808. The molecule has 25 heavy (non-hydrogen) atoms. The normalized spacial score (nSPS) is 17.9. The third-order valence-electron chi connectivity index (χ3n) is 4.44. The summed E-state index contributed by atoms with van der Waals surface area (Å²) in [6, 6.07) is 7.20. The number of carbonyl (C=O) groups is 2. The molecule has 0 bridgehead atoms. The molecule has 132 valence electrons. The average molecular weight is 378 g/mol. The van der Waals surface area contributed by atoms with E-state index in [0.717, 1.165) is 16.3 Å². The van der Waals surface area contributed by atoms with Gasteiger partial charge in [0.1, 0.15) is 6.54 Å². The number of carbonyl (C=O) groups excluding carboxylic acids is 2. The zero-order chi connectivity index (χ0) is 18.0. The quantitative estimate of drug-likeness (QED) is 0.821. The SMILES string of the molecule is Cc1ncsc1CCC(=O)N1CC(=O)N(c2cccc(Cl)c2)C[C@@H]1C. The fraction of sp³-hybridized carbons (Fsp3) is 0.389. The number of nitrogens with zero attached hydrogens (tertiary/aromatic N) is 3. The van der Waals surface area contributed by atoms with Gasteiger partial charge in [0.05, 0.1) is 11.2 Å². The minimum absolute atomic E-state index is 0.0133. The van der Waals surface area contributed by atoms with Crippen LogP contribution in [0.3, 0.4) is 0 Å². The second-order valence-corrected chi connectivity index (χ2v) is 7.59. The smallest absolute Gasteiger partial charge is 0.246 e. The van der Waals surface area contributed by atoms with Crippen LogP contribution in [0.2, 0.25) is 5.02 Å². The van der Waals surface area contributed by atoms with Crippen molar-refractivity contribution < 1.29 is 9.59 Å². The molecule has 1 aromatic heterocycles. The van der Waals surface area contributed by atoms with Crippen LogP contribution >= 0.6 is 22.9 Å². The molecule has 5 nitrogen and oxygen atoms in total. The first-order valence-electron chi connectivity index (χ1n) is 8.20. The lowest BCUT2D eigenvalue weighted by molar-refractivity contribution is -0.139. The van der Waals surface area contributed by atoms with Crippen LogP contribution in [0.4, 0.5) is 5.69 Å². The number of halogens is 1. The molecule has 1 aliphatic rings. The standard InChI is InChI=1S/C18H20ClN3O2S/c1-12-9-22(15-5-3-4-14(19)8-15)18(24)10-21(12)17(23)7-6-16-13(2)20-11-25-16/h3-5,8,11-12H,6-7,9-10H2,1-2H3/t12-/m0/s1. The molecule has 1 saturated heterocycles. The summed E-state index contributed by atoms with van der Waals surface area (Å²) in [6.07, 6.45) is 1.07. The van der Waals surface area contributed by atoms with Gasteiger partial charge in [-0.2, -0.15) is 0 Å². The van der Waals surface area contributed by atoms with E-state index in [4.69, 9.17) is 11.6 Å². The third-order valence-corrected chi connectivity index (χ3v) is 5.67. The number of amides is 2. The van der Waals surface area contributed by atoms with E-state index in [1.165, 1.54) is 0 Å². The van der Waals surface area contributed by atoms with Crippen molar-refractivity contribution in [2.24, 2.45) is 0 Å². The van der Waals surface area contributed by atoms with Gasteiger partial charge in [-0.25, -0.2) is 4.98 Å². The molecule has 2 aromatic rings. The van der Waals surface area contributed by atoms with Crippen molar-refractivity contribution in [3.63, 3.8) is 0 Å². The fourth-order valence-electron chi connectivity index (χ4n) is 3.01. The molecule has 3 rings (SSSR count). The Morgan fingerprint density at radius 2 is 2.24 bits per heavy atom. The number of aromatic nitrogens is 1. The summed E-state index contributed by atoms with van der Waals surface area (Å²) >= 11 is 7.59. The molecule has 0 N–H and O–H groups in total. The van der Waals surface area contributed by atoms with Gasteiger partial charge in [-0.1, -0.05) is 17.7 Å². The first-order valence-corrected chi connectivity index (χ1v) is 9.46. The topological polar surface area (TPSA) is 53.5 Å². The first-order chi connectivity index (χ1) is 12.0. The van der Waals surface area contributed by atoms with E-state index < -0.39 is 0 Å². The van der Waals surface area contributed by atoms with Gasteiger partial charge < -0.3 is 9.80 Å². The van der Waals surface area contributed by atoms with E-state index in [9.17, 15) is 9.59 Å². The van der Waals surface area contributed by atoms with E-state index in [1.54, 1.807) is 38.8 Å². The Balaban J connectivity index is 1.64. The average Bonchev–Trinajstić information content (AvgIpc) is 2.99. The van der Waals surface area contributed by atoms with Crippen molar-refractivity contribution in [2.75, 3.05) is 18.0 Å². The van der Waals surface area contributed by atoms with Crippen LogP contribution < -0.4 is 4.90 Å². The summed E-state index contributed by atoms with van der Waals surface area (Å²) < 4.78 is 0. The lowest BCUT2D eigenvalue weighted by atomic mass is 10.1. The number of aryl methyl sites for hydroxylation is 2. The Hall–Kier alpha value is -1.92. The van der Waals surface area contributed by atoms with E-state index in [0.29, 0.717) is 24.4 Å². The number of hydrogen-bond donors (Lipinski definition) is 0. The Morgan fingerprint density at radius 1 is 1.44 bits per heavy atom. The number of hydrogen-bond acceptors (Lipinski definition) is 4. The van der Waals surface area contributed by atoms with Gasteiger partial charge in [-0.15, -0.1) is 11.3 Å². The molecule has 7 heteroatoms. The van der Waals surface area contributed by atoms with Crippen LogP contribution in [-0.4, -0.2) is 40.8 Å². The van der Waals surface area contributed by atoms with Crippen molar-refractivity contribution >= 4 is 40.4 Å². The van der Waals surface area contributed by atoms with Crippen molar-refractivity contribution in [1.29, 1.82) is 0 Å². The van der Waals surface area contributed by atoms with Gasteiger partial charge in [0.15, 0.2) is 0 Å². The predicted molar refractivity (Wildman–Crippen MR) is 100 cm³/mol. The zero-order valence-corrected chi connectivity index (χ0v) is 15.8. The molecule has 0 spiro atoms. The summed E-state index contributed by atoms with van der Waals surface area (Å²) in [5.74, 6) is -0.0675. The van der Waals surface area contributed by atoms with Gasteiger partial charge in [-0.3, -0.25) is 9.59 Å². The highest BCUT2D eigenvalue weighted by atomic mass is 35.5.